The van der Waals surface area contributed by atoms with E-state index in [1.54, 1.807) is 6.07 Å². The molecule has 2 aromatic rings. The largest absolute Gasteiger partial charge is 0.493 e. The molecule has 0 saturated carbocycles. The van der Waals surface area contributed by atoms with Gasteiger partial charge in [-0.2, -0.15) is 13.2 Å². The van der Waals surface area contributed by atoms with Gasteiger partial charge in [-0.15, -0.1) is 0 Å². The lowest BCUT2D eigenvalue weighted by Gasteiger charge is -2.16. The Hall–Kier alpha value is -2.08. The molecule has 0 bridgehead atoms. The molecule has 6 heteroatoms. The molecule has 1 unspecified atom stereocenters. The number of benzene rings is 2. The molecule has 1 atom stereocenters. The summed E-state index contributed by atoms with van der Waals surface area (Å²) in [5, 5.41) is 9.35. The molecule has 0 radical (unpaired) electrons. The number of hydrogen-bond acceptors (Lipinski definition) is 2. The van der Waals surface area contributed by atoms with Crippen LogP contribution in [0.25, 0.3) is 0 Å². The molecule has 118 valence electrons. The summed E-state index contributed by atoms with van der Waals surface area (Å²) in [6.07, 6.45) is -4.45. The highest BCUT2D eigenvalue weighted by molar-refractivity contribution is 5.30. The number of hydrogen-bond donors (Lipinski definition) is 1. The van der Waals surface area contributed by atoms with Crippen LogP contribution < -0.4 is 4.74 Å². The van der Waals surface area contributed by atoms with E-state index in [1.807, 2.05) is 0 Å². The van der Waals surface area contributed by atoms with E-state index in [0.29, 0.717) is 5.56 Å². The van der Waals surface area contributed by atoms with Crippen molar-refractivity contribution in [2.75, 3.05) is 13.2 Å². The molecule has 2 rings (SSSR count). The Balaban J connectivity index is 2.08. The number of rotatable bonds is 5. The van der Waals surface area contributed by atoms with Gasteiger partial charge in [0, 0.05) is 5.92 Å². The van der Waals surface area contributed by atoms with Crippen molar-refractivity contribution in [3.8, 4) is 5.75 Å². The summed E-state index contributed by atoms with van der Waals surface area (Å²) in [5.41, 5.74) is -0.286. The SMILES string of the molecule is OCC(COc1cccc(C(F)(F)F)c1)c1cccc(F)c1. The van der Waals surface area contributed by atoms with Crippen LogP contribution in [-0.4, -0.2) is 18.3 Å². The highest BCUT2D eigenvalue weighted by Crippen LogP contribution is 2.31. The first-order valence-electron chi connectivity index (χ1n) is 6.56. The van der Waals surface area contributed by atoms with Crippen molar-refractivity contribution >= 4 is 0 Å². The van der Waals surface area contributed by atoms with Gasteiger partial charge in [0.25, 0.3) is 0 Å². The topological polar surface area (TPSA) is 29.5 Å². The van der Waals surface area contributed by atoms with Crippen LogP contribution in [0.4, 0.5) is 17.6 Å². The first-order chi connectivity index (χ1) is 10.4. The predicted molar refractivity (Wildman–Crippen MR) is 73.2 cm³/mol. The van der Waals surface area contributed by atoms with Crippen molar-refractivity contribution in [3.05, 3.63) is 65.5 Å². The minimum Gasteiger partial charge on any atom is -0.493 e. The predicted octanol–water partition coefficient (Wildman–Crippen LogP) is 4.00. The van der Waals surface area contributed by atoms with Crippen LogP contribution in [0.1, 0.15) is 17.0 Å². The van der Waals surface area contributed by atoms with Crippen LogP contribution in [0.5, 0.6) is 5.75 Å². The molecular formula is C16H14F4O2. The molecule has 0 spiro atoms. The highest BCUT2D eigenvalue weighted by Gasteiger charge is 2.30. The standard InChI is InChI=1S/C16H14F4O2/c17-14-5-1-3-11(7-14)12(9-21)10-22-15-6-2-4-13(8-15)16(18,19)20/h1-8,12,21H,9-10H2. The summed E-state index contributed by atoms with van der Waals surface area (Å²) in [4.78, 5) is 0. The van der Waals surface area contributed by atoms with E-state index < -0.39 is 23.5 Å². The van der Waals surface area contributed by atoms with E-state index in [9.17, 15) is 22.7 Å². The van der Waals surface area contributed by atoms with Gasteiger partial charge in [0.15, 0.2) is 0 Å². The fraction of sp³-hybridized carbons (Fsp3) is 0.250. The number of aliphatic hydroxyl groups excluding tert-OH is 1. The van der Waals surface area contributed by atoms with Crippen LogP contribution in [-0.2, 0) is 6.18 Å². The minimum atomic E-state index is -4.45. The number of aliphatic hydroxyl groups is 1. The van der Waals surface area contributed by atoms with Crippen molar-refractivity contribution in [1.82, 2.24) is 0 Å². The second kappa shape index (κ2) is 6.79. The van der Waals surface area contributed by atoms with Crippen LogP contribution in [0.2, 0.25) is 0 Å². The molecule has 0 aromatic heterocycles. The molecule has 0 aliphatic carbocycles. The molecule has 2 nitrogen and oxygen atoms in total. The maximum Gasteiger partial charge on any atom is 0.416 e. The van der Waals surface area contributed by atoms with Crippen LogP contribution in [0.3, 0.4) is 0 Å². The lowest BCUT2D eigenvalue weighted by molar-refractivity contribution is -0.137. The molecule has 0 aliphatic heterocycles. The lowest BCUT2D eigenvalue weighted by atomic mass is 10.0. The van der Waals surface area contributed by atoms with E-state index in [0.717, 1.165) is 12.1 Å². The fourth-order valence-corrected chi connectivity index (χ4v) is 1.97. The Morgan fingerprint density at radius 1 is 1.05 bits per heavy atom. The van der Waals surface area contributed by atoms with E-state index in [4.69, 9.17) is 4.74 Å². The van der Waals surface area contributed by atoms with Gasteiger partial charge in [0.2, 0.25) is 0 Å². The van der Waals surface area contributed by atoms with E-state index in [-0.39, 0.29) is 19.0 Å². The van der Waals surface area contributed by atoms with Gasteiger partial charge >= 0.3 is 6.18 Å². The normalized spacial score (nSPS) is 13.0. The van der Waals surface area contributed by atoms with Crippen molar-refractivity contribution in [2.45, 2.75) is 12.1 Å². The summed E-state index contributed by atoms with van der Waals surface area (Å²) in [6.45, 7) is -0.357. The summed E-state index contributed by atoms with van der Waals surface area (Å²) < 4.78 is 56.3. The number of alkyl halides is 3. The van der Waals surface area contributed by atoms with E-state index >= 15 is 0 Å². The zero-order valence-corrected chi connectivity index (χ0v) is 11.5. The first kappa shape index (κ1) is 16.3. The maximum absolute atomic E-state index is 13.2. The molecule has 0 amide bonds. The van der Waals surface area contributed by atoms with Gasteiger partial charge in [-0.25, -0.2) is 4.39 Å². The van der Waals surface area contributed by atoms with Crippen molar-refractivity contribution in [3.63, 3.8) is 0 Å². The molecule has 2 aromatic carbocycles. The third kappa shape index (κ3) is 4.21. The Morgan fingerprint density at radius 2 is 1.77 bits per heavy atom. The number of ether oxygens (including phenoxy) is 1. The average molecular weight is 314 g/mol. The quantitative estimate of drug-likeness (QED) is 0.845. The van der Waals surface area contributed by atoms with Crippen LogP contribution >= 0.6 is 0 Å². The monoisotopic (exact) mass is 314 g/mol. The van der Waals surface area contributed by atoms with E-state index in [2.05, 4.69) is 0 Å². The summed E-state index contributed by atoms with van der Waals surface area (Å²) in [5.74, 6) is -0.926. The Kier molecular flexibility index (Phi) is 5.03. The minimum absolute atomic E-state index is 0.0460. The van der Waals surface area contributed by atoms with Gasteiger partial charge < -0.3 is 9.84 Å². The highest BCUT2D eigenvalue weighted by atomic mass is 19.4. The summed E-state index contributed by atoms with van der Waals surface area (Å²) in [6, 6.07) is 10.1. The first-order valence-corrected chi connectivity index (χ1v) is 6.56. The van der Waals surface area contributed by atoms with Crippen molar-refractivity contribution in [2.24, 2.45) is 0 Å². The van der Waals surface area contributed by atoms with Crippen LogP contribution in [0, 0.1) is 5.82 Å². The summed E-state index contributed by atoms with van der Waals surface area (Å²) in [7, 11) is 0. The molecular weight excluding hydrogens is 300 g/mol. The van der Waals surface area contributed by atoms with Crippen molar-refractivity contribution in [1.29, 1.82) is 0 Å². The van der Waals surface area contributed by atoms with Gasteiger partial charge in [0.05, 0.1) is 18.8 Å². The van der Waals surface area contributed by atoms with Crippen LogP contribution in [0.15, 0.2) is 48.5 Å². The van der Waals surface area contributed by atoms with Gasteiger partial charge in [0.1, 0.15) is 11.6 Å². The van der Waals surface area contributed by atoms with Crippen molar-refractivity contribution < 1.29 is 27.4 Å². The van der Waals surface area contributed by atoms with Gasteiger partial charge in [-0.1, -0.05) is 18.2 Å². The maximum atomic E-state index is 13.2. The molecule has 0 saturated heterocycles. The third-order valence-electron chi connectivity index (χ3n) is 3.15. The third-order valence-corrected chi connectivity index (χ3v) is 3.15. The second-order valence-corrected chi connectivity index (χ2v) is 4.77. The fourth-order valence-electron chi connectivity index (χ4n) is 1.97. The Bertz CT molecular complexity index is 626. The Morgan fingerprint density at radius 3 is 2.41 bits per heavy atom. The molecule has 0 heterocycles. The molecule has 0 fully saturated rings. The average Bonchev–Trinajstić information content (AvgIpc) is 2.47. The lowest BCUT2D eigenvalue weighted by Crippen LogP contribution is -2.15. The molecule has 22 heavy (non-hydrogen) atoms. The number of halogens is 4. The second-order valence-electron chi connectivity index (χ2n) is 4.77. The van der Waals surface area contributed by atoms with Gasteiger partial charge in [-0.3, -0.25) is 0 Å². The molecule has 0 aliphatic rings. The Labute approximate surface area is 125 Å². The zero-order valence-electron chi connectivity index (χ0n) is 11.5. The molecule has 1 N–H and O–H groups in total. The van der Waals surface area contributed by atoms with E-state index in [1.165, 1.54) is 30.3 Å². The zero-order chi connectivity index (χ0) is 16.2. The van der Waals surface area contributed by atoms with Gasteiger partial charge in [-0.05, 0) is 35.9 Å². The smallest absolute Gasteiger partial charge is 0.416 e. The summed E-state index contributed by atoms with van der Waals surface area (Å²) >= 11 is 0.